The lowest BCUT2D eigenvalue weighted by Gasteiger charge is -2.33. The van der Waals surface area contributed by atoms with Crippen LogP contribution in [0.2, 0.25) is 0 Å². The van der Waals surface area contributed by atoms with Crippen LogP contribution in [0, 0.1) is 11.3 Å². The average Bonchev–Trinajstić information content (AvgIpc) is 3.36. The molecule has 1 aliphatic heterocycles. The van der Waals surface area contributed by atoms with Gasteiger partial charge in [0.15, 0.2) is 9.84 Å². The summed E-state index contributed by atoms with van der Waals surface area (Å²) in [5.74, 6) is 0.115. The highest BCUT2D eigenvalue weighted by atomic mass is 32.2. The first kappa shape index (κ1) is 25.9. The first-order chi connectivity index (χ1) is 17.5. The molecule has 5 rings (SSSR count). The van der Waals surface area contributed by atoms with Gasteiger partial charge >= 0.3 is 0 Å². The van der Waals surface area contributed by atoms with Crippen LogP contribution in [0.15, 0.2) is 42.5 Å². The SMILES string of the molecule is CC(C)(C)C1CCc2c(sc(NC(=O)Cc3cccc4ccccc34)c2C(=O)NC2CCS(=O)(=O)C2)C1. The van der Waals surface area contributed by atoms with Gasteiger partial charge in [-0.1, -0.05) is 63.2 Å². The largest absolute Gasteiger partial charge is 0.348 e. The lowest BCUT2D eigenvalue weighted by atomic mass is 9.72. The highest BCUT2D eigenvalue weighted by molar-refractivity contribution is 7.91. The van der Waals surface area contributed by atoms with Crippen LogP contribution in [0.4, 0.5) is 5.00 Å². The molecule has 2 aromatic carbocycles. The summed E-state index contributed by atoms with van der Waals surface area (Å²) in [5, 5.41) is 8.71. The minimum atomic E-state index is -3.11. The predicted octanol–water partition coefficient (Wildman–Crippen LogP) is 5.15. The highest BCUT2D eigenvalue weighted by Gasteiger charge is 2.36. The third-order valence-electron chi connectivity index (χ3n) is 7.77. The monoisotopic (exact) mass is 538 g/mol. The van der Waals surface area contributed by atoms with Gasteiger partial charge in [-0.15, -0.1) is 11.3 Å². The zero-order valence-electron chi connectivity index (χ0n) is 21.6. The Labute approximate surface area is 222 Å². The van der Waals surface area contributed by atoms with Crippen molar-refractivity contribution in [2.24, 2.45) is 11.3 Å². The number of nitrogens with one attached hydrogen (secondary N) is 2. The van der Waals surface area contributed by atoms with Gasteiger partial charge in [-0.05, 0) is 58.9 Å². The maximum absolute atomic E-state index is 13.5. The van der Waals surface area contributed by atoms with Crippen molar-refractivity contribution >= 4 is 48.8 Å². The zero-order valence-corrected chi connectivity index (χ0v) is 23.2. The summed E-state index contributed by atoms with van der Waals surface area (Å²) in [5.41, 5.74) is 2.61. The van der Waals surface area contributed by atoms with Gasteiger partial charge in [-0.25, -0.2) is 8.42 Å². The number of hydrogen-bond acceptors (Lipinski definition) is 5. The van der Waals surface area contributed by atoms with E-state index in [4.69, 9.17) is 0 Å². The Kier molecular flexibility index (Phi) is 6.92. The molecule has 0 bridgehead atoms. The fourth-order valence-electron chi connectivity index (χ4n) is 5.61. The van der Waals surface area contributed by atoms with Gasteiger partial charge in [0.2, 0.25) is 5.91 Å². The molecule has 1 saturated heterocycles. The van der Waals surface area contributed by atoms with E-state index in [9.17, 15) is 18.0 Å². The third-order valence-corrected chi connectivity index (χ3v) is 10.7. The molecular formula is C29H34N2O4S2. The minimum absolute atomic E-state index is 0.0278. The van der Waals surface area contributed by atoms with E-state index in [1.807, 2.05) is 42.5 Å². The summed E-state index contributed by atoms with van der Waals surface area (Å²) in [4.78, 5) is 27.9. The molecule has 2 unspecified atom stereocenters. The van der Waals surface area contributed by atoms with Crippen molar-refractivity contribution in [2.75, 3.05) is 16.8 Å². The van der Waals surface area contributed by atoms with Gasteiger partial charge in [-0.2, -0.15) is 0 Å². The normalized spacial score (nSPS) is 20.9. The number of rotatable bonds is 5. The van der Waals surface area contributed by atoms with Crippen molar-refractivity contribution in [3.05, 3.63) is 64.0 Å². The predicted molar refractivity (Wildman–Crippen MR) is 150 cm³/mol. The molecule has 2 N–H and O–H groups in total. The molecule has 0 radical (unpaired) electrons. The number of carbonyl (C=O) groups excluding carboxylic acids is 2. The maximum atomic E-state index is 13.5. The van der Waals surface area contributed by atoms with Crippen LogP contribution in [0.5, 0.6) is 0 Å². The van der Waals surface area contributed by atoms with Crippen molar-refractivity contribution in [1.29, 1.82) is 0 Å². The van der Waals surface area contributed by atoms with E-state index in [2.05, 4.69) is 31.4 Å². The molecular weight excluding hydrogens is 504 g/mol. The number of sulfone groups is 1. The molecule has 3 aromatic rings. The van der Waals surface area contributed by atoms with E-state index in [1.165, 1.54) is 11.3 Å². The van der Waals surface area contributed by atoms with Crippen LogP contribution in [0.1, 0.15) is 60.0 Å². The lowest BCUT2D eigenvalue weighted by Crippen LogP contribution is -2.36. The molecule has 2 aliphatic rings. The molecule has 2 heterocycles. The number of benzene rings is 2. The molecule has 1 fully saturated rings. The fraction of sp³-hybridized carbons (Fsp3) is 0.448. The zero-order chi connectivity index (χ0) is 26.4. The van der Waals surface area contributed by atoms with Gasteiger partial charge in [0, 0.05) is 10.9 Å². The van der Waals surface area contributed by atoms with E-state index in [-0.39, 0.29) is 35.2 Å². The second-order valence-corrected chi connectivity index (χ2v) is 14.8. The van der Waals surface area contributed by atoms with Crippen LogP contribution in [-0.4, -0.2) is 37.8 Å². The number of carbonyl (C=O) groups is 2. The molecule has 1 aromatic heterocycles. The standard InChI is InChI=1S/C29H34N2O4S2/c1-29(2,3)20-11-12-23-24(16-20)36-28(26(23)27(33)30-21-13-14-37(34,35)17-21)31-25(32)15-19-9-6-8-18-7-4-5-10-22(18)19/h4-10,20-21H,11-17H2,1-3H3,(H,30,33)(H,31,32). The van der Waals surface area contributed by atoms with Crippen molar-refractivity contribution in [3.8, 4) is 0 Å². The summed E-state index contributed by atoms with van der Waals surface area (Å²) in [6, 6.07) is 13.5. The van der Waals surface area contributed by atoms with Gasteiger partial charge in [0.1, 0.15) is 5.00 Å². The van der Waals surface area contributed by atoms with Crippen LogP contribution < -0.4 is 10.6 Å². The molecule has 37 heavy (non-hydrogen) atoms. The smallest absolute Gasteiger partial charge is 0.254 e. The van der Waals surface area contributed by atoms with E-state index in [0.29, 0.717) is 22.9 Å². The second kappa shape index (κ2) is 9.87. The molecule has 1 aliphatic carbocycles. The molecule has 0 spiro atoms. The Bertz CT molecular complexity index is 1460. The fourth-order valence-corrected chi connectivity index (χ4v) is 8.62. The summed E-state index contributed by atoms with van der Waals surface area (Å²) in [7, 11) is -3.11. The van der Waals surface area contributed by atoms with Crippen LogP contribution in [0.3, 0.4) is 0 Å². The van der Waals surface area contributed by atoms with Gasteiger partial charge in [0.05, 0.1) is 23.5 Å². The highest BCUT2D eigenvalue weighted by Crippen LogP contribution is 2.44. The third kappa shape index (κ3) is 5.60. The number of fused-ring (bicyclic) bond motifs is 2. The molecule has 196 valence electrons. The molecule has 6 nitrogen and oxygen atoms in total. The van der Waals surface area contributed by atoms with Crippen molar-refractivity contribution in [3.63, 3.8) is 0 Å². The summed E-state index contributed by atoms with van der Waals surface area (Å²) in [6.45, 7) is 6.74. The maximum Gasteiger partial charge on any atom is 0.254 e. The van der Waals surface area contributed by atoms with Crippen molar-refractivity contribution in [1.82, 2.24) is 5.32 Å². The van der Waals surface area contributed by atoms with Gasteiger partial charge in [0.25, 0.3) is 5.91 Å². The summed E-state index contributed by atoms with van der Waals surface area (Å²) >= 11 is 1.50. The van der Waals surface area contributed by atoms with E-state index < -0.39 is 15.9 Å². The topological polar surface area (TPSA) is 92.3 Å². The minimum Gasteiger partial charge on any atom is -0.348 e. The Morgan fingerprint density at radius 2 is 1.81 bits per heavy atom. The van der Waals surface area contributed by atoms with Crippen molar-refractivity contribution in [2.45, 2.75) is 58.9 Å². The van der Waals surface area contributed by atoms with E-state index >= 15 is 0 Å². The summed E-state index contributed by atoms with van der Waals surface area (Å²) < 4.78 is 23.9. The quantitative estimate of drug-likeness (QED) is 0.470. The first-order valence-corrected chi connectivity index (χ1v) is 15.6. The molecule has 0 saturated carbocycles. The number of hydrogen-bond donors (Lipinski definition) is 2. The van der Waals surface area contributed by atoms with Crippen LogP contribution in [-0.2, 0) is 33.9 Å². The number of thiophene rings is 1. The first-order valence-electron chi connectivity index (χ1n) is 12.9. The Balaban J connectivity index is 1.42. The average molecular weight is 539 g/mol. The van der Waals surface area contributed by atoms with Crippen LogP contribution in [0.25, 0.3) is 10.8 Å². The second-order valence-electron chi connectivity index (χ2n) is 11.5. The molecule has 8 heteroatoms. The number of anilines is 1. The van der Waals surface area contributed by atoms with E-state index in [1.54, 1.807) is 0 Å². The molecule has 2 amide bonds. The van der Waals surface area contributed by atoms with E-state index in [0.717, 1.165) is 46.0 Å². The van der Waals surface area contributed by atoms with Gasteiger partial charge < -0.3 is 10.6 Å². The van der Waals surface area contributed by atoms with Crippen molar-refractivity contribution < 1.29 is 18.0 Å². The lowest BCUT2D eigenvalue weighted by molar-refractivity contribution is -0.115. The van der Waals surface area contributed by atoms with Crippen LogP contribution >= 0.6 is 11.3 Å². The Hall–Kier alpha value is -2.71. The Morgan fingerprint density at radius 1 is 1.05 bits per heavy atom. The Morgan fingerprint density at radius 3 is 2.54 bits per heavy atom. The number of amides is 2. The molecule has 2 atom stereocenters. The van der Waals surface area contributed by atoms with Gasteiger partial charge in [-0.3, -0.25) is 9.59 Å². The summed E-state index contributed by atoms with van der Waals surface area (Å²) in [6.07, 6.45) is 3.26.